The molecule has 0 aromatic carbocycles. The molecule has 5 atom stereocenters. The van der Waals surface area contributed by atoms with Gasteiger partial charge in [-0.15, -0.1) is 0 Å². The third kappa shape index (κ3) is 2.06. The molecule has 7 heteroatoms. The Kier molecular flexibility index (Phi) is 3.16. The summed E-state index contributed by atoms with van der Waals surface area (Å²) in [5.74, 6) is 0. The van der Waals surface area contributed by atoms with E-state index in [1.807, 2.05) is 6.92 Å². The fraction of sp³-hybridized carbons (Fsp3) is 1.00. The van der Waals surface area contributed by atoms with Gasteiger partial charge in [0.1, 0.15) is 11.7 Å². The molecular weight excluding hydrogens is 233 g/mol. The lowest BCUT2D eigenvalue weighted by atomic mass is 10.00. The van der Waals surface area contributed by atoms with Crippen molar-refractivity contribution in [2.75, 3.05) is 26.9 Å². The highest BCUT2D eigenvalue weighted by Crippen LogP contribution is 2.47. The molecule has 0 aromatic rings. The van der Waals surface area contributed by atoms with E-state index in [2.05, 4.69) is 5.32 Å². The summed E-state index contributed by atoms with van der Waals surface area (Å²) in [6.45, 7) is 4.05. The van der Waals surface area contributed by atoms with E-state index >= 15 is 0 Å². The molecule has 2 unspecified atom stereocenters. The maximum absolute atomic E-state index is 11.4. The normalized spacial score (nSPS) is 45.9. The molecule has 2 N–H and O–H groups in total. The zero-order chi connectivity index (χ0) is 12.0. The smallest absolute Gasteiger partial charge is 0.325 e. The lowest BCUT2D eigenvalue weighted by molar-refractivity contribution is -0.109. The topological polar surface area (TPSA) is 77.0 Å². The van der Waals surface area contributed by atoms with E-state index in [-0.39, 0.29) is 12.1 Å². The van der Waals surface area contributed by atoms with Gasteiger partial charge in [0.25, 0.3) is 0 Å². The molecule has 0 spiro atoms. The minimum atomic E-state index is -3.52. The van der Waals surface area contributed by atoms with Crippen molar-refractivity contribution in [3.8, 4) is 0 Å². The standard InChI is InChI=1S/C9H18NO5P/c1-6-7-8(15-16(3,11)12)9(14-6,4-10-7)5-13-2/h6-8,10H,4-5H2,1-3H3,(H,11,12)/t6-,7?,8+,9+/m0/s1. The van der Waals surface area contributed by atoms with E-state index in [0.717, 1.165) is 0 Å². The van der Waals surface area contributed by atoms with Crippen molar-refractivity contribution < 1.29 is 23.5 Å². The second-order valence-electron chi connectivity index (χ2n) is 4.56. The third-order valence-electron chi connectivity index (χ3n) is 3.11. The minimum absolute atomic E-state index is 0.0413. The Labute approximate surface area is 94.8 Å². The van der Waals surface area contributed by atoms with Gasteiger partial charge in [0.2, 0.25) is 0 Å². The van der Waals surface area contributed by atoms with Crippen LogP contribution in [0.1, 0.15) is 6.92 Å². The van der Waals surface area contributed by atoms with Crippen molar-refractivity contribution in [2.45, 2.75) is 30.8 Å². The van der Waals surface area contributed by atoms with Crippen LogP contribution >= 0.6 is 7.60 Å². The fourth-order valence-corrected chi connectivity index (χ4v) is 3.32. The highest BCUT2D eigenvalue weighted by atomic mass is 31.2. The van der Waals surface area contributed by atoms with Crippen LogP contribution in [0.5, 0.6) is 0 Å². The van der Waals surface area contributed by atoms with Gasteiger partial charge in [-0.2, -0.15) is 0 Å². The molecule has 0 radical (unpaired) electrons. The molecule has 2 aliphatic rings. The van der Waals surface area contributed by atoms with Gasteiger partial charge in [0.15, 0.2) is 0 Å². The molecule has 2 heterocycles. The quantitative estimate of drug-likeness (QED) is 0.683. The van der Waals surface area contributed by atoms with Crippen LogP contribution in [0.2, 0.25) is 0 Å². The molecule has 6 nitrogen and oxygen atoms in total. The first-order chi connectivity index (χ1) is 7.38. The summed E-state index contributed by atoms with van der Waals surface area (Å²) >= 11 is 0. The van der Waals surface area contributed by atoms with Gasteiger partial charge in [0.05, 0.1) is 18.8 Å². The summed E-state index contributed by atoms with van der Waals surface area (Å²) in [4.78, 5) is 9.32. The Morgan fingerprint density at radius 3 is 2.88 bits per heavy atom. The second-order valence-corrected chi connectivity index (χ2v) is 6.37. The van der Waals surface area contributed by atoms with Crippen LogP contribution in [-0.4, -0.2) is 55.7 Å². The molecule has 2 rings (SSSR count). The van der Waals surface area contributed by atoms with Crippen molar-refractivity contribution in [3.63, 3.8) is 0 Å². The van der Waals surface area contributed by atoms with E-state index in [9.17, 15) is 9.46 Å². The monoisotopic (exact) mass is 251 g/mol. The molecule has 2 bridgehead atoms. The lowest BCUT2D eigenvalue weighted by Gasteiger charge is -2.30. The van der Waals surface area contributed by atoms with Gasteiger partial charge >= 0.3 is 7.60 Å². The van der Waals surface area contributed by atoms with Gasteiger partial charge in [-0.25, -0.2) is 0 Å². The molecule has 0 amide bonds. The first kappa shape index (κ1) is 12.5. The molecule has 94 valence electrons. The number of hydrogen-bond acceptors (Lipinski definition) is 5. The number of morpholine rings is 1. The van der Waals surface area contributed by atoms with Crippen molar-refractivity contribution in [1.82, 2.24) is 5.32 Å². The van der Waals surface area contributed by atoms with E-state index in [1.165, 1.54) is 6.66 Å². The summed E-state index contributed by atoms with van der Waals surface area (Å²) in [5, 5.41) is 3.24. The first-order valence-corrected chi connectivity index (χ1v) is 7.29. The maximum atomic E-state index is 11.4. The Hall–Kier alpha value is 0.0300. The van der Waals surface area contributed by atoms with E-state index in [4.69, 9.17) is 14.0 Å². The van der Waals surface area contributed by atoms with Gasteiger partial charge < -0.3 is 24.2 Å². The lowest BCUT2D eigenvalue weighted by Crippen LogP contribution is -2.47. The average molecular weight is 251 g/mol. The van der Waals surface area contributed by atoms with Crippen LogP contribution in [0, 0.1) is 0 Å². The van der Waals surface area contributed by atoms with Crippen LogP contribution in [0.15, 0.2) is 0 Å². The minimum Gasteiger partial charge on any atom is -0.382 e. The largest absolute Gasteiger partial charge is 0.382 e. The Morgan fingerprint density at radius 2 is 2.38 bits per heavy atom. The number of rotatable bonds is 4. The van der Waals surface area contributed by atoms with Gasteiger partial charge in [-0.1, -0.05) is 0 Å². The Morgan fingerprint density at radius 1 is 1.69 bits per heavy atom. The summed E-state index contributed by atoms with van der Waals surface area (Å²) < 4.78 is 27.5. The van der Waals surface area contributed by atoms with Crippen LogP contribution in [0.25, 0.3) is 0 Å². The molecule has 2 aliphatic heterocycles. The highest BCUT2D eigenvalue weighted by molar-refractivity contribution is 7.51. The molecular formula is C9H18NO5P. The highest BCUT2D eigenvalue weighted by Gasteiger charge is 2.60. The van der Waals surface area contributed by atoms with Crippen LogP contribution in [-0.2, 0) is 18.6 Å². The van der Waals surface area contributed by atoms with E-state index in [1.54, 1.807) is 7.11 Å². The zero-order valence-electron chi connectivity index (χ0n) is 9.67. The van der Waals surface area contributed by atoms with Crippen LogP contribution in [0.3, 0.4) is 0 Å². The predicted molar refractivity (Wildman–Crippen MR) is 57.6 cm³/mol. The Bertz CT molecular complexity index is 319. The van der Waals surface area contributed by atoms with Crippen molar-refractivity contribution in [3.05, 3.63) is 0 Å². The summed E-state index contributed by atoms with van der Waals surface area (Å²) in [7, 11) is -1.94. The number of ether oxygens (including phenoxy) is 2. The molecule has 0 aromatic heterocycles. The zero-order valence-corrected chi connectivity index (χ0v) is 10.6. The SMILES string of the molecule is COC[C@@]12CNC([C@H](C)O1)[C@H]2OP(C)(=O)O. The first-order valence-electron chi connectivity index (χ1n) is 5.27. The third-order valence-corrected chi connectivity index (χ3v) is 3.72. The summed E-state index contributed by atoms with van der Waals surface area (Å²) in [6.07, 6.45) is -0.469. The molecule has 2 fully saturated rings. The van der Waals surface area contributed by atoms with E-state index in [0.29, 0.717) is 13.2 Å². The molecule has 0 saturated carbocycles. The maximum Gasteiger partial charge on any atom is 0.325 e. The number of fused-ring (bicyclic) bond motifs is 2. The average Bonchev–Trinajstić information content (AvgIpc) is 2.54. The van der Waals surface area contributed by atoms with Crippen LogP contribution < -0.4 is 5.32 Å². The Balaban J connectivity index is 2.19. The summed E-state index contributed by atoms with van der Waals surface area (Å²) in [5.41, 5.74) is -0.632. The fourth-order valence-electron chi connectivity index (χ4n) is 2.57. The van der Waals surface area contributed by atoms with Gasteiger partial charge in [-0.05, 0) is 6.92 Å². The van der Waals surface area contributed by atoms with Crippen molar-refractivity contribution in [2.24, 2.45) is 0 Å². The van der Waals surface area contributed by atoms with Crippen LogP contribution in [0.4, 0.5) is 0 Å². The number of nitrogens with one attached hydrogen (secondary N) is 1. The molecule has 0 aliphatic carbocycles. The van der Waals surface area contributed by atoms with E-state index < -0.39 is 19.3 Å². The van der Waals surface area contributed by atoms with Gasteiger partial charge in [0, 0.05) is 20.3 Å². The molecule has 2 saturated heterocycles. The second kappa shape index (κ2) is 4.05. The summed E-state index contributed by atoms with van der Waals surface area (Å²) in [6, 6.07) is -0.0458. The molecule has 16 heavy (non-hydrogen) atoms. The number of hydrogen-bond donors (Lipinski definition) is 2. The van der Waals surface area contributed by atoms with Crippen molar-refractivity contribution >= 4 is 7.60 Å². The van der Waals surface area contributed by atoms with Gasteiger partial charge in [-0.3, -0.25) is 4.57 Å². The number of methoxy groups -OCH3 is 1. The van der Waals surface area contributed by atoms with Crippen molar-refractivity contribution in [1.29, 1.82) is 0 Å². The predicted octanol–water partition coefficient (Wildman–Crippen LogP) is -0.0375.